The second-order valence-corrected chi connectivity index (χ2v) is 7.07. The van der Waals surface area contributed by atoms with Gasteiger partial charge in [-0.15, -0.1) is 10.2 Å². The number of anilines is 1. The van der Waals surface area contributed by atoms with Crippen molar-refractivity contribution in [2.24, 2.45) is 0 Å². The summed E-state index contributed by atoms with van der Waals surface area (Å²) >= 11 is 0. The van der Waals surface area contributed by atoms with Gasteiger partial charge in [0.15, 0.2) is 11.5 Å². The first-order chi connectivity index (χ1) is 15.4. The van der Waals surface area contributed by atoms with Crippen LogP contribution in [-0.2, 0) is 11.3 Å². The molecular formula is C23H19F2N5O2. The minimum Gasteiger partial charge on any atom is -0.348 e. The lowest BCUT2D eigenvalue weighted by atomic mass is 10.1. The van der Waals surface area contributed by atoms with E-state index in [1.807, 2.05) is 0 Å². The zero-order valence-corrected chi connectivity index (χ0v) is 17.1. The average molecular weight is 435 g/mol. The highest BCUT2D eigenvalue weighted by molar-refractivity contribution is 5.94. The number of carbonyl (C=O) groups excluding carboxylic acids is 2. The van der Waals surface area contributed by atoms with Gasteiger partial charge in [-0.3, -0.25) is 14.0 Å². The molecule has 0 unspecified atom stereocenters. The molecule has 2 amide bonds. The summed E-state index contributed by atoms with van der Waals surface area (Å²) in [6.45, 7) is 1.63. The Morgan fingerprint density at radius 3 is 2.53 bits per heavy atom. The number of aromatic nitrogens is 3. The van der Waals surface area contributed by atoms with Crippen molar-refractivity contribution in [1.82, 2.24) is 19.9 Å². The van der Waals surface area contributed by atoms with E-state index in [9.17, 15) is 18.4 Å². The molecule has 32 heavy (non-hydrogen) atoms. The largest absolute Gasteiger partial charge is 0.348 e. The molecule has 0 bridgehead atoms. The molecule has 7 nitrogen and oxygen atoms in total. The van der Waals surface area contributed by atoms with Gasteiger partial charge in [-0.25, -0.2) is 8.78 Å². The quantitative estimate of drug-likeness (QED) is 0.480. The number of benzene rings is 2. The predicted molar refractivity (Wildman–Crippen MR) is 115 cm³/mol. The van der Waals surface area contributed by atoms with E-state index < -0.39 is 17.5 Å². The van der Waals surface area contributed by atoms with Gasteiger partial charge < -0.3 is 10.6 Å². The second-order valence-electron chi connectivity index (χ2n) is 7.07. The number of halogens is 2. The molecule has 0 aliphatic rings. The lowest BCUT2D eigenvalue weighted by Gasteiger charge is -2.08. The normalized spacial score (nSPS) is 10.8. The van der Waals surface area contributed by atoms with E-state index in [1.54, 1.807) is 53.9 Å². The lowest BCUT2D eigenvalue weighted by Crippen LogP contribution is -2.23. The van der Waals surface area contributed by atoms with Crippen LogP contribution in [0.4, 0.5) is 14.5 Å². The number of hydrogen-bond acceptors (Lipinski definition) is 4. The average Bonchev–Trinajstić information content (AvgIpc) is 3.22. The minimum atomic E-state index is -0.588. The summed E-state index contributed by atoms with van der Waals surface area (Å²) < 4.78 is 28.7. The summed E-state index contributed by atoms with van der Waals surface area (Å²) in [5, 5.41) is 13.7. The van der Waals surface area contributed by atoms with Crippen LogP contribution in [0.15, 0.2) is 60.8 Å². The standard InChI is InChI=1S/C23H19F2N5O2/c1-2-21(31)27-18-8-10-20-28-29-22(30(20)13-18)14-3-5-15(6-4-14)23(32)26-12-16-11-17(24)7-9-19(16)25/h3-11,13H,2,12H2,1H3,(H,26,32)(H,27,31). The molecule has 2 aromatic heterocycles. The molecule has 9 heteroatoms. The van der Waals surface area contributed by atoms with Crippen molar-refractivity contribution in [2.45, 2.75) is 19.9 Å². The molecule has 0 spiro atoms. The highest BCUT2D eigenvalue weighted by atomic mass is 19.1. The molecule has 0 fully saturated rings. The van der Waals surface area contributed by atoms with Crippen molar-refractivity contribution in [1.29, 1.82) is 0 Å². The van der Waals surface area contributed by atoms with Crippen LogP contribution in [0.5, 0.6) is 0 Å². The fraction of sp³-hybridized carbons (Fsp3) is 0.130. The van der Waals surface area contributed by atoms with E-state index in [1.165, 1.54) is 0 Å². The Morgan fingerprint density at radius 1 is 1.00 bits per heavy atom. The van der Waals surface area contributed by atoms with Crippen molar-refractivity contribution in [3.05, 3.63) is 83.6 Å². The summed E-state index contributed by atoms with van der Waals surface area (Å²) in [5.41, 5.74) is 2.36. The first-order valence-electron chi connectivity index (χ1n) is 9.92. The zero-order chi connectivity index (χ0) is 22.7. The van der Waals surface area contributed by atoms with Gasteiger partial charge in [0.25, 0.3) is 5.91 Å². The Labute approximate surface area is 182 Å². The zero-order valence-electron chi connectivity index (χ0n) is 17.1. The molecule has 162 valence electrons. The van der Waals surface area contributed by atoms with E-state index in [0.29, 0.717) is 34.7 Å². The maximum atomic E-state index is 13.7. The van der Waals surface area contributed by atoms with Gasteiger partial charge in [0, 0.05) is 35.9 Å². The van der Waals surface area contributed by atoms with Crippen LogP contribution in [0.25, 0.3) is 17.0 Å². The Bertz CT molecular complexity index is 1300. The number of hydrogen-bond donors (Lipinski definition) is 2. The van der Waals surface area contributed by atoms with E-state index in [-0.39, 0.29) is 18.0 Å². The molecule has 0 saturated heterocycles. The van der Waals surface area contributed by atoms with Gasteiger partial charge in [-0.2, -0.15) is 0 Å². The second kappa shape index (κ2) is 8.93. The smallest absolute Gasteiger partial charge is 0.251 e. The Morgan fingerprint density at radius 2 is 1.78 bits per heavy atom. The van der Waals surface area contributed by atoms with Crippen LogP contribution in [0.3, 0.4) is 0 Å². The molecular weight excluding hydrogens is 416 g/mol. The fourth-order valence-corrected chi connectivity index (χ4v) is 3.14. The molecule has 0 radical (unpaired) electrons. The van der Waals surface area contributed by atoms with E-state index in [0.717, 1.165) is 18.2 Å². The Balaban J connectivity index is 1.51. The van der Waals surface area contributed by atoms with Crippen molar-refractivity contribution in [3.8, 4) is 11.4 Å². The third-order valence-corrected chi connectivity index (χ3v) is 4.86. The van der Waals surface area contributed by atoms with Crippen molar-refractivity contribution in [2.75, 3.05) is 5.32 Å². The summed E-state index contributed by atoms with van der Waals surface area (Å²) in [6, 6.07) is 13.2. The molecule has 2 heterocycles. The molecule has 2 N–H and O–H groups in total. The summed E-state index contributed by atoms with van der Waals surface area (Å²) in [7, 11) is 0. The lowest BCUT2D eigenvalue weighted by molar-refractivity contribution is -0.115. The van der Waals surface area contributed by atoms with Crippen LogP contribution in [0.1, 0.15) is 29.3 Å². The maximum Gasteiger partial charge on any atom is 0.251 e. The fourth-order valence-electron chi connectivity index (χ4n) is 3.14. The number of rotatable bonds is 6. The molecule has 0 atom stereocenters. The summed E-state index contributed by atoms with van der Waals surface area (Å²) in [6.07, 6.45) is 2.09. The minimum absolute atomic E-state index is 0.0656. The van der Waals surface area contributed by atoms with Crippen LogP contribution in [-0.4, -0.2) is 26.4 Å². The van der Waals surface area contributed by atoms with Gasteiger partial charge in [0.2, 0.25) is 5.91 Å². The number of carbonyl (C=O) groups is 2. The molecule has 0 saturated carbocycles. The third kappa shape index (κ3) is 4.46. The summed E-state index contributed by atoms with van der Waals surface area (Å²) in [4.78, 5) is 24.1. The molecule has 0 aliphatic carbocycles. The van der Waals surface area contributed by atoms with Gasteiger partial charge in [0.05, 0.1) is 5.69 Å². The predicted octanol–water partition coefficient (Wildman–Crippen LogP) is 3.95. The van der Waals surface area contributed by atoms with Crippen LogP contribution < -0.4 is 10.6 Å². The van der Waals surface area contributed by atoms with Gasteiger partial charge in [-0.1, -0.05) is 19.1 Å². The number of nitrogens with one attached hydrogen (secondary N) is 2. The topological polar surface area (TPSA) is 88.4 Å². The molecule has 4 aromatic rings. The molecule has 2 aromatic carbocycles. The molecule has 4 rings (SSSR count). The number of fused-ring (bicyclic) bond motifs is 1. The highest BCUT2D eigenvalue weighted by Gasteiger charge is 2.12. The van der Waals surface area contributed by atoms with Crippen LogP contribution in [0, 0.1) is 11.6 Å². The first kappa shape index (κ1) is 21.1. The third-order valence-electron chi connectivity index (χ3n) is 4.86. The monoisotopic (exact) mass is 435 g/mol. The van der Waals surface area contributed by atoms with Gasteiger partial charge >= 0.3 is 0 Å². The highest BCUT2D eigenvalue weighted by Crippen LogP contribution is 2.21. The van der Waals surface area contributed by atoms with Gasteiger partial charge in [0.1, 0.15) is 11.6 Å². The SMILES string of the molecule is CCC(=O)Nc1ccc2nnc(-c3ccc(C(=O)NCc4cc(F)ccc4F)cc3)n2c1. The maximum absolute atomic E-state index is 13.7. The first-order valence-corrected chi connectivity index (χ1v) is 9.92. The number of pyridine rings is 1. The van der Waals surface area contributed by atoms with Crippen molar-refractivity contribution >= 4 is 23.1 Å². The van der Waals surface area contributed by atoms with Crippen molar-refractivity contribution in [3.63, 3.8) is 0 Å². The number of amides is 2. The van der Waals surface area contributed by atoms with Crippen LogP contribution in [0.2, 0.25) is 0 Å². The molecule has 0 aliphatic heterocycles. The van der Waals surface area contributed by atoms with E-state index >= 15 is 0 Å². The number of nitrogens with zero attached hydrogens (tertiary/aromatic N) is 3. The summed E-state index contributed by atoms with van der Waals surface area (Å²) in [5.74, 6) is -1.14. The van der Waals surface area contributed by atoms with Crippen LogP contribution >= 0.6 is 0 Å². The van der Waals surface area contributed by atoms with E-state index in [4.69, 9.17) is 0 Å². The van der Waals surface area contributed by atoms with Crippen molar-refractivity contribution < 1.29 is 18.4 Å². The van der Waals surface area contributed by atoms with Gasteiger partial charge in [-0.05, 0) is 42.5 Å². The Kier molecular flexibility index (Phi) is 5.89. The Hall–Kier alpha value is -4.14. The van der Waals surface area contributed by atoms with E-state index in [2.05, 4.69) is 20.8 Å².